The molecule has 2 rings (SSSR count). The van der Waals surface area contributed by atoms with Crippen LogP contribution in [-0.4, -0.2) is 18.1 Å². The molecule has 4 nitrogen and oxygen atoms in total. The molecule has 2 aromatic rings. The maximum Gasteiger partial charge on any atom is 0.130 e. The molecule has 0 saturated carbocycles. The summed E-state index contributed by atoms with van der Waals surface area (Å²) in [5, 5.41) is 3.27. The SMILES string of the molecule is CCNCc1oc(COCCc2scnc2C)cc1C. The molecular weight excluding hydrogens is 272 g/mol. The molecule has 0 saturated heterocycles. The van der Waals surface area contributed by atoms with Crippen LogP contribution in [-0.2, 0) is 24.3 Å². The molecule has 0 aliphatic rings. The number of rotatable bonds is 8. The molecule has 0 aromatic carbocycles. The molecule has 0 atom stereocenters. The third kappa shape index (κ3) is 4.16. The van der Waals surface area contributed by atoms with Gasteiger partial charge in [0.25, 0.3) is 0 Å². The van der Waals surface area contributed by atoms with Gasteiger partial charge in [-0.3, -0.25) is 0 Å². The van der Waals surface area contributed by atoms with E-state index in [1.165, 1.54) is 10.4 Å². The highest BCUT2D eigenvalue weighted by Gasteiger charge is 2.07. The van der Waals surface area contributed by atoms with Gasteiger partial charge in [-0.25, -0.2) is 4.98 Å². The van der Waals surface area contributed by atoms with Gasteiger partial charge in [0.1, 0.15) is 18.1 Å². The van der Waals surface area contributed by atoms with Crippen LogP contribution >= 0.6 is 11.3 Å². The Morgan fingerprint density at radius 2 is 2.25 bits per heavy atom. The quantitative estimate of drug-likeness (QED) is 0.759. The number of hydrogen-bond acceptors (Lipinski definition) is 5. The van der Waals surface area contributed by atoms with Gasteiger partial charge in [0.15, 0.2) is 0 Å². The summed E-state index contributed by atoms with van der Waals surface area (Å²) in [6.07, 6.45) is 0.917. The van der Waals surface area contributed by atoms with Crippen LogP contribution in [0.5, 0.6) is 0 Å². The predicted octanol–water partition coefficient (Wildman–Crippen LogP) is 3.22. The van der Waals surface area contributed by atoms with E-state index in [1.807, 2.05) is 12.4 Å². The largest absolute Gasteiger partial charge is 0.462 e. The van der Waals surface area contributed by atoms with Gasteiger partial charge in [-0.05, 0) is 32.0 Å². The minimum absolute atomic E-state index is 0.533. The zero-order valence-corrected chi connectivity index (χ0v) is 13.2. The van der Waals surface area contributed by atoms with E-state index in [0.29, 0.717) is 13.2 Å². The van der Waals surface area contributed by atoms with Crippen molar-refractivity contribution in [2.45, 2.75) is 40.3 Å². The van der Waals surface area contributed by atoms with Crippen LogP contribution in [0.3, 0.4) is 0 Å². The average Bonchev–Trinajstić information content (AvgIpc) is 2.99. The minimum atomic E-state index is 0.533. The average molecular weight is 294 g/mol. The molecule has 0 spiro atoms. The number of ether oxygens (including phenoxy) is 1. The number of hydrogen-bond donors (Lipinski definition) is 1. The molecule has 1 N–H and O–H groups in total. The fraction of sp³-hybridized carbons (Fsp3) is 0.533. The normalized spacial score (nSPS) is 11.2. The van der Waals surface area contributed by atoms with Crippen LogP contribution in [0.4, 0.5) is 0 Å². The summed E-state index contributed by atoms with van der Waals surface area (Å²) in [5.41, 5.74) is 4.18. The van der Waals surface area contributed by atoms with Crippen LogP contribution < -0.4 is 5.32 Å². The van der Waals surface area contributed by atoms with Crippen molar-refractivity contribution in [1.82, 2.24) is 10.3 Å². The fourth-order valence-electron chi connectivity index (χ4n) is 1.98. The van der Waals surface area contributed by atoms with Gasteiger partial charge in [-0.2, -0.15) is 0 Å². The standard InChI is InChI=1S/C15H22N2O2S/c1-4-16-8-14-11(2)7-13(19-14)9-18-6-5-15-12(3)17-10-20-15/h7,10,16H,4-6,8-9H2,1-3H3. The van der Waals surface area contributed by atoms with Crippen molar-refractivity contribution in [2.24, 2.45) is 0 Å². The second-order valence-electron chi connectivity index (χ2n) is 4.76. The van der Waals surface area contributed by atoms with E-state index < -0.39 is 0 Å². The van der Waals surface area contributed by atoms with Crippen molar-refractivity contribution in [3.8, 4) is 0 Å². The summed E-state index contributed by atoms with van der Waals surface area (Å²) >= 11 is 1.69. The summed E-state index contributed by atoms with van der Waals surface area (Å²) in [4.78, 5) is 5.53. The highest BCUT2D eigenvalue weighted by atomic mass is 32.1. The second kappa shape index (κ2) is 7.57. The zero-order valence-electron chi connectivity index (χ0n) is 12.4. The Balaban J connectivity index is 1.75. The first-order valence-electron chi connectivity index (χ1n) is 6.96. The number of furan rings is 1. The fourth-order valence-corrected chi connectivity index (χ4v) is 2.74. The van der Waals surface area contributed by atoms with Gasteiger partial charge < -0.3 is 14.5 Å². The van der Waals surface area contributed by atoms with Gasteiger partial charge in [0.05, 0.1) is 24.4 Å². The molecule has 2 heterocycles. The van der Waals surface area contributed by atoms with Crippen LogP contribution in [0.2, 0.25) is 0 Å². The number of nitrogens with zero attached hydrogens (tertiary/aromatic N) is 1. The van der Waals surface area contributed by atoms with E-state index in [9.17, 15) is 0 Å². The monoisotopic (exact) mass is 294 g/mol. The van der Waals surface area contributed by atoms with Crippen molar-refractivity contribution >= 4 is 11.3 Å². The molecule has 110 valence electrons. The molecule has 0 radical (unpaired) electrons. The Morgan fingerprint density at radius 1 is 1.40 bits per heavy atom. The molecule has 0 aliphatic carbocycles. The van der Waals surface area contributed by atoms with E-state index in [-0.39, 0.29) is 0 Å². The third-order valence-corrected chi connectivity index (χ3v) is 4.16. The Hall–Kier alpha value is -1.17. The molecule has 0 fully saturated rings. The Morgan fingerprint density at radius 3 is 2.95 bits per heavy atom. The smallest absolute Gasteiger partial charge is 0.130 e. The summed E-state index contributed by atoms with van der Waals surface area (Å²) in [6, 6.07) is 2.06. The molecule has 0 amide bonds. The predicted molar refractivity (Wildman–Crippen MR) is 81.0 cm³/mol. The first-order chi connectivity index (χ1) is 9.70. The number of nitrogens with one attached hydrogen (secondary N) is 1. The van der Waals surface area contributed by atoms with Crippen LogP contribution in [0.25, 0.3) is 0 Å². The van der Waals surface area contributed by atoms with E-state index in [4.69, 9.17) is 9.15 Å². The van der Waals surface area contributed by atoms with Gasteiger partial charge in [0.2, 0.25) is 0 Å². The van der Waals surface area contributed by atoms with Gasteiger partial charge >= 0.3 is 0 Å². The van der Waals surface area contributed by atoms with Crippen molar-refractivity contribution in [3.05, 3.63) is 39.2 Å². The zero-order chi connectivity index (χ0) is 14.4. The van der Waals surface area contributed by atoms with E-state index >= 15 is 0 Å². The molecule has 20 heavy (non-hydrogen) atoms. The Labute approximate surface area is 124 Å². The van der Waals surface area contributed by atoms with Gasteiger partial charge in [0, 0.05) is 11.3 Å². The lowest BCUT2D eigenvalue weighted by molar-refractivity contribution is 0.108. The van der Waals surface area contributed by atoms with Gasteiger partial charge in [-0.1, -0.05) is 6.92 Å². The van der Waals surface area contributed by atoms with Crippen LogP contribution in [0.15, 0.2) is 16.0 Å². The topological polar surface area (TPSA) is 47.3 Å². The highest BCUT2D eigenvalue weighted by Crippen LogP contribution is 2.16. The lowest BCUT2D eigenvalue weighted by Crippen LogP contribution is -2.11. The van der Waals surface area contributed by atoms with E-state index in [0.717, 1.165) is 36.7 Å². The summed E-state index contributed by atoms with van der Waals surface area (Å²) in [7, 11) is 0. The lowest BCUT2D eigenvalue weighted by atomic mass is 10.2. The Bertz CT molecular complexity index is 534. The molecule has 0 unspecified atom stereocenters. The van der Waals surface area contributed by atoms with Crippen molar-refractivity contribution < 1.29 is 9.15 Å². The Kier molecular flexibility index (Phi) is 5.76. The van der Waals surface area contributed by atoms with Crippen molar-refractivity contribution in [1.29, 1.82) is 0 Å². The van der Waals surface area contributed by atoms with E-state index in [2.05, 4.69) is 30.2 Å². The maximum absolute atomic E-state index is 5.78. The maximum atomic E-state index is 5.78. The second-order valence-corrected chi connectivity index (χ2v) is 5.70. The summed E-state index contributed by atoms with van der Waals surface area (Å²) in [6.45, 7) is 9.15. The summed E-state index contributed by atoms with van der Waals surface area (Å²) < 4.78 is 11.5. The van der Waals surface area contributed by atoms with Gasteiger partial charge in [-0.15, -0.1) is 11.3 Å². The number of aromatic nitrogens is 1. The molecular formula is C15H22N2O2S. The van der Waals surface area contributed by atoms with Crippen LogP contribution in [0, 0.1) is 13.8 Å². The highest BCUT2D eigenvalue weighted by molar-refractivity contribution is 7.09. The molecule has 0 bridgehead atoms. The number of aryl methyl sites for hydroxylation is 2. The molecule has 2 aromatic heterocycles. The van der Waals surface area contributed by atoms with Crippen LogP contribution in [0.1, 0.15) is 34.6 Å². The minimum Gasteiger partial charge on any atom is -0.462 e. The lowest BCUT2D eigenvalue weighted by Gasteiger charge is -2.02. The van der Waals surface area contributed by atoms with E-state index in [1.54, 1.807) is 11.3 Å². The first-order valence-corrected chi connectivity index (χ1v) is 7.84. The summed E-state index contributed by atoms with van der Waals surface area (Å²) in [5.74, 6) is 1.90. The van der Waals surface area contributed by atoms with Crippen molar-refractivity contribution in [3.63, 3.8) is 0 Å². The number of thiazole rings is 1. The first kappa shape index (κ1) is 15.2. The molecule has 0 aliphatic heterocycles. The van der Waals surface area contributed by atoms with Crippen molar-refractivity contribution in [2.75, 3.05) is 13.2 Å². The third-order valence-electron chi connectivity index (χ3n) is 3.17. The molecule has 5 heteroatoms.